The zero-order valence-corrected chi connectivity index (χ0v) is 42.1. The van der Waals surface area contributed by atoms with Gasteiger partial charge in [-0.05, 0) is 95.6 Å². The normalized spacial score (nSPS) is 15.5. The van der Waals surface area contributed by atoms with Crippen molar-refractivity contribution < 1.29 is 47.4 Å². The number of hydrogen-bond acceptors (Lipinski definition) is 15. The Hall–Kier alpha value is -9.12. The summed E-state index contributed by atoms with van der Waals surface area (Å²) < 4.78 is 32.1. The molecule has 382 valence electrons. The number of pyridine rings is 1. The van der Waals surface area contributed by atoms with E-state index in [0.717, 1.165) is 58.5 Å². The first-order valence-electron chi connectivity index (χ1n) is 24.5. The molecule has 20 heteroatoms. The van der Waals surface area contributed by atoms with Crippen molar-refractivity contribution in [2.24, 2.45) is 16.1 Å². The summed E-state index contributed by atoms with van der Waals surface area (Å²) in [6, 6.07) is 27.0. The lowest BCUT2D eigenvalue weighted by Gasteiger charge is -2.42. The van der Waals surface area contributed by atoms with Crippen LogP contribution in [0.3, 0.4) is 0 Å². The van der Waals surface area contributed by atoms with Gasteiger partial charge in [-0.2, -0.15) is 20.1 Å². The van der Waals surface area contributed by atoms with E-state index >= 15 is 0 Å². The molecule has 3 aliphatic rings. The van der Waals surface area contributed by atoms with E-state index in [1.54, 1.807) is 93.0 Å². The van der Waals surface area contributed by atoms with E-state index in [9.17, 15) is 19.2 Å². The minimum Gasteiger partial charge on any atom is -0.493 e. The van der Waals surface area contributed by atoms with Crippen molar-refractivity contribution in [3.63, 3.8) is 0 Å². The fraction of sp³-hybridized carbons (Fsp3) is 0.309. The highest BCUT2D eigenvalue weighted by molar-refractivity contribution is 5.98. The lowest BCUT2D eigenvalue weighted by atomic mass is 9.92. The Labute approximate surface area is 431 Å². The molecule has 0 N–H and O–H groups in total. The molecule has 10 rings (SSSR count). The molecule has 4 aromatic carbocycles. The number of rotatable bonds is 13. The first-order chi connectivity index (χ1) is 36.4. The van der Waals surface area contributed by atoms with Gasteiger partial charge in [0.05, 0.1) is 52.5 Å². The second kappa shape index (κ2) is 21.2. The number of esters is 1. The Morgan fingerprint density at radius 3 is 2.37 bits per heavy atom. The van der Waals surface area contributed by atoms with Gasteiger partial charge in [-0.1, -0.05) is 19.1 Å². The highest BCUT2D eigenvalue weighted by Crippen LogP contribution is 2.42. The van der Waals surface area contributed by atoms with Crippen molar-refractivity contribution in [2.75, 3.05) is 66.1 Å². The number of fused-ring (bicyclic) bond motifs is 6. The number of likely N-dealkylation sites (N-methyl/N-ethyl adjacent to an activating group) is 3. The van der Waals surface area contributed by atoms with E-state index in [4.69, 9.17) is 28.9 Å². The summed E-state index contributed by atoms with van der Waals surface area (Å²) in [6.07, 6.45) is 5.95. The van der Waals surface area contributed by atoms with Gasteiger partial charge < -0.3 is 43.3 Å². The number of aromatic nitrogens is 4. The highest BCUT2D eigenvalue weighted by atomic mass is 16.7. The van der Waals surface area contributed by atoms with Gasteiger partial charge in [0.25, 0.3) is 0 Å². The van der Waals surface area contributed by atoms with Crippen molar-refractivity contribution in [1.82, 2.24) is 29.2 Å². The van der Waals surface area contributed by atoms with E-state index in [-0.39, 0.29) is 56.8 Å². The average Bonchev–Trinajstić information content (AvgIpc) is 4.10. The lowest BCUT2D eigenvalue weighted by Crippen LogP contribution is -2.52. The Morgan fingerprint density at radius 2 is 1.63 bits per heavy atom. The molecule has 0 saturated carbocycles. The molecule has 3 aliphatic heterocycles. The number of anilines is 1. The summed E-state index contributed by atoms with van der Waals surface area (Å²) in [6.45, 7) is 4.57. The number of azo groups is 1. The van der Waals surface area contributed by atoms with Gasteiger partial charge in [0, 0.05) is 66.0 Å². The third-order valence-electron chi connectivity index (χ3n) is 14.1. The minimum absolute atomic E-state index is 0.0142. The molecular weight excluding hydrogens is 959 g/mol. The quantitative estimate of drug-likeness (QED) is 0.0462. The maximum atomic E-state index is 13.7. The molecule has 0 radical (unpaired) electrons. The Kier molecular flexibility index (Phi) is 13.9. The zero-order valence-electron chi connectivity index (χ0n) is 42.1. The summed E-state index contributed by atoms with van der Waals surface area (Å²) in [5, 5.41) is 20.0. The molecular formula is C55H54N11O9+. The molecule has 75 heavy (non-hydrogen) atoms. The van der Waals surface area contributed by atoms with Gasteiger partial charge in [0.15, 0.2) is 41.4 Å². The van der Waals surface area contributed by atoms with Gasteiger partial charge in [-0.15, -0.1) is 0 Å². The van der Waals surface area contributed by atoms with Crippen LogP contribution in [-0.2, 0) is 29.1 Å². The smallest absolute Gasteiger partial charge is 0.409 e. The monoisotopic (exact) mass is 1010 g/mol. The number of aryl methyl sites for hydroxylation is 2. The number of carbonyl (C=O) groups excluding carboxylic acids is 4. The molecule has 0 spiro atoms. The first-order valence-corrected chi connectivity index (χ1v) is 24.5. The second-order valence-corrected chi connectivity index (χ2v) is 18.8. The lowest BCUT2D eigenvalue weighted by molar-refractivity contribution is -0.686. The molecule has 2 atom stereocenters. The predicted molar refractivity (Wildman–Crippen MR) is 275 cm³/mol. The largest absolute Gasteiger partial charge is 0.493 e. The van der Waals surface area contributed by atoms with Crippen molar-refractivity contribution in [1.29, 1.82) is 5.26 Å². The third kappa shape index (κ3) is 10.2. The van der Waals surface area contributed by atoms with Crippen LogP contribution in [0.15, 0.2) is 114 Å². The minimum atomic E-state index is -0.557. The second-order valence-electron chi connectivity index (χ2n) is 18.8. The number of hydrogen-bond donors (Lipinski definition) is 0. The van der Waals surface area contributed by atoms with Crippen molar-refractivity contribution in [3.05, 3.63) is 120 Å². The molecule has 20 nitrogen and oxygen atoms in total. The summed E-state index contributed by atoms with van der Waals surface area (Å²) in [5.74, 6) is 2.39. The summed E-state index contributed by atoms with van der Waals surface area (Å²) in [5.41, 5.74) is 5.86. The topological polar surface area (TPSA) is 210 Å². The fourth-order valence-corrected chi connectivity index (χ4v) is 9.67. The highest BCUT2D eigenvalue weighted by Gasteiger charge is 2.34. The molecule has 6 heterocycles. The van der Waals surface area contributed by atoms with E-state index in [1.165, 1.54) is 26.3 Å². The van der Waals surface area contributed by atoms with Crippen LogP contribution in [0.5, 0.6) is 23.0 Å². The molecule has 0 aliphatic carbocycles. The van der Waals surface area contributed by atoms with Gasteiger partial charge in [-0.3, -0.25) is 9.36 Å². The summed E-state index contributed by atoms with van der Waals surface area (Å²) >= 11 is 0. The van der Waals surface area contributed by atoms with Crippen LogP contribution in [0.4, 0.5) is 26.8 Å². The number of piperidine rings is 1. The van der Waals surface area contributed by atoms with E-state index in [1.807, 2.05) is 36.3 Å². The maximum Gasteiger partial charge on any atom is 0.409 e. The molecule has 3 amide bonds. The van der Waals surface area contributed by atoms with Crippen molar-refractivity contribution in [2.45, 2.75) is 45.4 Å². The van der Waals surface area contributed by atoms with Crippen LogP contribution in [0.1, 0.15) is 41.3 Å². The molecule has 1 fully saturated rings. The van der Waals surface area contributed by atoms with E-state index in [0.29, 0.717) is 58.4 Å². The third-order valence-corrected chi connectivity index (χ3v) is 14.1. The Morgan fingerprint density at radius 1 is 0.893 bits per heavy atom. The van der Waals surface area contributed by atoms with Crippen molar-refractivity contribution in [3.8, 4) is 40.3 Å². The molecule has 1 saturated heterocycles. The van der Waals surface area contributed by atoms with Crippen LogP contribution in [0.25, 0.3) is 33.1 Å². The van der Waals surface area contributed by atoms with Gasteiger partial charge >= 0.3 is 18.1 Å². The number of methoxy groups -OCH3 is 1. The van der Waals surface area contributed by atoms with E-state index < -0.39 is 12.1 Å². The van der Waals surface area contributed by atoms with Crippen molar-refractivity contribution >= 4 is 63.0 Å². The number of ether oxygens (including phenoxy) is 5. The first kappa shape index (κ1) is 49.5. The molecule has 7 aromatic rings. The van der Waals surface area contributed by atoms with Crippen LogP contribution >= 0.6 is 0 Å². The standard InChI is InChI=1S/C55H54N11O9/c1-34-17-21-65(49(67)16-20-56)30-45(34)63(4)51-41-19-23-66(52(41)58-32-57-51)54(69)61(2)24-25-62(3)55(70)72-31-35-6-11-39(12-7-35)59-60-40-13-8-36(9-14-40)53(68)75-50-43-29-64-22-18-38-27-47-48(74-33-73-47)28-42(38)44(64)26-37(43)10-15-46(50)71-5/h6-15,19,23,26-29,32,34,45H,16-18,21-22,24-25,30-31,33H2,1-5H3/q+1/b60-59+/t34-,45+/m0/s1. The Balaban J connectivity index is 0.701. The average molecular weight is 1010 g/mol. The van der Waals surface area contributed by atoms with Crippen LogP contribution in [0.2, 0.25) is 0 Å². The van der Waals surface area contributed by atoms with Gasteiger partial charge in [0.1, 0.15) is 25.2 Å². The number of carbonyl (C=O) groups is 4. The molecule has 0 unspecified atom stereocenters. The van der Waals surface area contributed by atoms with Crippen LogP contribution in [-0.4, -0.2) is 121 Å². The summed E-state index contributed by atoms with van der Waals surface area (Å²) in [4.78, 5) is 68.4. The SMILES string of the molecule is COc1ccc2cc3[n+](cc2c1OC(=O)c1ccc(/N=N/c2ccc(COC(=O)N(C)CCN(C)C(=O)n4ccc5c(N(C)[C@@H]6CN(C(=O)CC#N)CC[C@@H]6C)ncnc54)cc2)cc1)CCc1cc2c(cc1-3)OCO2. The molecule has 0 bridgehead atoms. The number of likely N-dealkylation sites (tertiary alicyclic amines) is 1. The number of nitrogens with zero attached hydrogens (tertiary/aromatic N) is 11. The zero-order chi connectivity index (χ0) is 52.3. The fourth-order valence-electron chi connectivity index (χ4n) is 9.67. The van der Waals surface area contributed by atoms with Crippen LogP contribution < -0.4 is 28.4 Å². The van der Waals surface area contributed by atoms with Gasteiger partial charge in [-0.25, -0.2) is 24.4 Å². The van der Waals surface area contributed by atoms with Crippen LogP contribution in [0, 0.1) is 17.2 Å². The number of amides is 3. The number of benzene rings is 4. The Bertz CT molecular complexity index is 3430. The molecule has 3 aromatic heterocycles. The van der Waals surface area contributed by atoms with E-state index in [2.05, 4.69) is 43.8 Å². The predicted octanol–water partition coefficient (Wildman–Crippen LogP) is 8.22. The van der Waals surface area contributed by atoms with Gasteiger partial charge in [0.2, 0.25) is 18.4 Å². The maximum absolute atomic E-state index is 13.7. The summed E-state index contributed by atoms with van der Waals surface area (Å²) in [7, 11) is 6.71. The number of nitriles is 1.